The first-order valence-electron chi connectivity index (χ1n) is 3.12. The summed E-state index contributed by atoms with van der Waals surface area (Å²) >= 11 is 0. The first kappa shape index (κ1) is 8.84. The Labute approximate surface area is 70.4 Å². The summed E-state index contributed by atoms with van der Waals surface area (Å²) in [7, 11) is 0. The average molecular weight is 186 g/mol. The van der Waals surface area contributed by atoms with Crippen molar-refractivity contribution in [2.24, 2.45) is 0 Å². The Hall–Kier alpha value is -2.25. The minimum absolute atomic E-state index is 0.323. The van der Waals surface area contributed by atoms with Gasteiger partial charge in [-0.1, -0.05) is 0 Å². The van der Waals surface area contributed by atoms with Gasteiger partial charge in [0.2, 0.25) is 0 Å². The molecule has 1 amide bonds. The number of carboxylic acid groups (broad SMARTS) is 1. The number of aromatic amines is 2. The van der Waals surface area contributed by atoms with Gasteiger partial charge in [-0.25, -0.2) is 9.59 Å². The molecule has 0 radical (unpaired) electrons. The van der Waals surface area contributed by atoms with Gasteiger partial charge in [-0.3, -0.25) is 20.1 Å². The number of nitrogens with one attached hydrogen (secondary N) is 3. The van der Waals surface area contributed by atoms with Crippen LogP contribution in [0.5, 0.6) is 0 Å². The van der Waals surface area contributed by atoms with Crippen LogP contribution in [-0.2, 0) is 0 Å². The largest absolute Gasteiger partial charge is 0.465 e. The summed E-state index contributed by atoms with van der Waals surface area (Å²) in [6.45, 7) is 0. The number of anilines is 2. The number of amides is 1. The molecule has 0 bridgehead atoms. The highest BCUT2D eigenvalue weighted by Crippen LogP contribution is 2.04. The van der Waals surface area contributed by atoms with Crippen LogP contribution in [0, 0.1) is 0 Å². The molecule has 6 N–H and O–H groups in total. The van der Waals surface area contributed by atoms with Crippen molar-refractivity contribution in [3.8, 4) is 0 Å². The van der Waals surface area contributed by atoms with Gasteiger partial charge in [-0.15, -0.1) is 0 Å². The van der Waals surface area contributed by atoms with Crippen LogP contribution in [-0.4, -0.2) is 21.2 Å². The number of hydrogen-bond donors (Lipinski definition) is 5. The minimum atomic E-state index is -1.44. The van der Waals surface area contributed by atoms with E-state index in [-0.39, 0.29) is 5.82 Å². The van der Waals surface area contributed by atoms with E-state index in [1.807, 2.05) is 9.97 Å². The number of aromatic nitrogens is 2. The van der Waals surface area contributed by atoms with E-state index in [0.29, 0.717) is 0 Å². The summed E-state index contributed by atoms with van der Waals surface area (Å²) in [6, 6.07) is 0. The van der Waals surface area contributed by atoms with Gasteiger partial charge in [0.05, 0.1) is 0 Å². The molecule has 70 valence electrons. The second-order valence-electron chi connectivity index (χ2n) is 2.13. The number of carbonyl (C=O) groups is 1. The standard InChI is InChI=1S/C5H6N4O4/c6-2-1(7-5(12)13)3(10)9-4(11)8-2/h7H,(H,12,13)(H4,6,8,9,10,11). The van der Waals surface area contributed by atoms with E-state index >= 15 is 0 Å². The fourth-order valence-corrected chi connectivity index (χ4v) is 0.735. The maximum absolute atomic E-state index is 10.9. The van der Waals surface area contributed by atoms with Crippen LogP contribution in [0.15, 0.2) is 9.59 Å². The van der Waals surface area contributed by atoms with Gasteiger partial charge in [-0.2, -0.15) is 0 Å². The number of rotatable bonds is 1. The summed E-state index contributed by atoms with van der Waals surface area (Å²) in [6.07, 6.45) is -1.44. The van der Waals surface area contributed by atoms with Crippen LogP contribution >= 0.6 is 0 Å². The van der Waals surface area contributed by atoms with E-state index in [2.05, 4.69) is 0 Å². The van der Waals surface area contributed by atoms with Gasteiger partial charge in [-0.05, 0) is 0 Å². The van der Waals surface area contributed by atoms with E-state index in [1.54, 1.807) is 5.32 Å². The van der Waals surface area contributed by atoms with Crippen molar-refractivity contribution >= 4 is 17.6 Å². The Bertz CT molecular complexity index is 445. The minimum Gasteiger partial charge on any atom is -0.465 e. The van der Waals surface area contributed by atoms with Gasteiger partial charge in [0, 0.05) is 0 Å². The van der Waals surface area contributed by atoms with Crippen LogP contribution < -0.4 is 22.3 Å². The molecule has 1 aromatic rings. The number of nitrogen functional groups attached to an aromatic ring is 1. The highest BCUT2D eigenvalue weighted by atomic mass is 16.4. The summed E-state index contributed by atoms with van der Waals surface area (Å²) in [5.74, 6) is -0.323. The molecule has 0 aliphatic heterocycles. The fourth-order valence-electron chi connectivity index (χ4n) is 0.735. The molecule has 0 spiro atoms. The molecular formula is C5H6N4O4. The molecule has 0 fully saturated rings. The summed E-state index contributed by atoms with van der Waals surface area (Å²) in [5, 5.41) is 10.0. The Morgan fingerprint density at radius 3 is 2.46 bits per heavy atom. The quantitative estimate of drug-likeness (QED) is 0.372. The first-order chi connectivity index (χ1) is 6.00. The Morgan fingerprint density at radius 1 is 1.38 bits per heavy atom. The fraction of sp³-hybridized carbons (Fsp3) is 0. The second kappa shape index (κ2) is 3.01. The molecule has 8 nitrogen and oxygen atoms in total. The summed E-state index contributed by atoms with van der Waals surface area (Å²) < 4.78 is 0. The molecule has 13 heavy (non-hydrogen) atoms. The van der Waals surface area contributed by atoms with E-state index in [0.717, 1.165) is 0 Å². The van der Waals surface area contributed by atoms with E-state index in [1.165, 1.54) is 0 Å². The van der Waals surface area contributed by atoms with E-state index in [9.17, 15) is 14.4 Å². The number of nitrogens with two attached hydrogens (primary N) is 1. The van der Waals surface area contributed by atoms with Crippen molar-refractivity contribution in [2.45, 2.75) is 0 Å². The third-order valence-corrected chi connectivity index (χ3v) is 1.20. The smallest absolute Gasteiger partial charge is 0.409 e. The Morgan fingerprint density at radius 2 is 2.00 bits per heavy atom. The molecule has 0 aromatic carbocycles. The lowest BCUT2D eigenvalue weighted by Gasteiger charge is -2.01. The third-order valence-electron chi connectivity index (χ3n) is 1.20. The van der Waals surface area contributed by atoms with Crippen molar-refractivity contribution < 1.29 is 9.90 Å². The van der Waals surface area contributed by atoms with Crippen molar-refractivity contribution in [3.63, 3.8) is 0 Å². The average Bonchev–Trinajstić information content (AvgIpc) is 1.96. The SMILES string of the molecule is Nc1[nH]c(=O)[nH]c(=O)c1NC(=O)O. The Balaban J connectivity index is 3.29. The maximum Gasteiger partial charge on any atom is 0.409 e. The zero-order chi connectivity index (χ0) is 10.0. The first-order valence-corrected chi connectivity index (χ1v) is 3.12. The molecule has 1 aromatic heterocycles. The molecule has 1 heterocycles. The van der Waals surface area contributed by atoms with Crippen molar-refractivity contribution in [3.05, 3.63) is 20.8 Å². The normalized spacial score (nSPS) is 9.54. The summed E-state index contributed by atoms with van der Waals surface area (Å²) in [5.41, 5.74) is 3.09. The molecule has 8 heteroatoms. The van der Waals surface area contributed by atoms with Gasteiger partial charge in [0.25, 0.3) is 5.56 Å². The number of H-pyrrole nitrogens is 2. The summed E-state index contributed by atoms with van der Waals surface area (Å²) in [4.78, 5) is 35.5. The highest BCUT2D eigenvalue weighted by Gasteiger charge is 2.08. The Kier molecular flexibility index (Phi) is 2.05. The zero-order valence-electron chi connectivity index (χ0n) is 6.25. The van der Waals surface area contributed by atoms with Crippen molar-refractivity contribution in [1.29, 1.82) is 0 Å². The molecule has 0 unspecified atom stereocenters. The second-order valence-corrected chi connectivity index (χ2v) is 2.13. The predicted molar refractivity (Wildman–Crippen MR) is 43.7 cm³/mol. The van der Waals surface area contributed by atoms with Gasteiger partial charge in [0.15, 0.2) is 5.69 Å². The maximum atomic E-state index is 10.9. The molecule has 0 atom stereocenters. The van der Waals surface area contributed by atoms with Crippen LogP contribution in [0.3, 0.4) is 0 Å². The van der Waals surface area contributed by atoms with Gasteiger partial charge in [0.1, 0.15) is 5.82 Å². The highest BCUT2D eigenvalue weighted by molar-refractivity contribution is 5.85. The molecule has 0 saturated heterocycles. The molecule has 0 saturated carbocycles. The molecule has 1 rings (SSSR count). The lowest BCUT2D eigenvalue weighted by Crippen LogP contribution is -2.28. The van der Waals surface area contributed by atoms with Crippen LogP contribution in [0.4, 0.5) is 16.3 Å². The lowest BCUT2D eigenvalue weighted by atomic mass is 10.5. The predicted octanol–water partition coefficient (Wildman–Crippen LogP) is -1.26. The number of hydrogen-bond acceptors (Lipinski definition) is 4. The van der Waals surface area contributed by atoms with Crippen LogP contribution in [0.25, 0.3) is 0 Å². The zero-order valence-corrected chi connectivity index (χ0v) is 6.25. The lowest BCUT2D eigenvalue weighted by molar-refractivity contribution is 0.209. The topological polar surface area (TPSA) is 141 Å². The molecular weight excluding hydrogens is 180 g/mol. The van der Waals surface area contributed by atoms with Gasteiger partial charge < -0.3 is 10.8 Å². The molecule has 0 aliphatic carbocycles. The molecule has 0 aliphatic rings. The van der Waals surface area contributed by atoms with E-state index < -0.39 is 23.0 Å². The van der Waals surface area contributed by atoms with Crippen LogP contribution in [0.2, 0.25) is 0 Å². The van der Waals surface area contributed by atoms with Gasteiger partial charge >= 0.3 is 11.8 Å². The third kappa shape index (κ3) is 1.86. The van der Waals surface area contributed by atoms with E-state index in [4.69, 9.17) is 10.8 Å². The van der Waals surface area contributed by atoms with Crippen LogP contribution in [0.1, 0.15) is 0 Å². The van der Waals surface area contributed by atoms with Crippen molar-refractivity contribution in [2.75, 3.05) is 11.1 Å². The monoisotopic (exact) mass is 186 g/mol. The van der Waals surface area contributed by atoms with Crippen molar-refractivity contribution in [1.82, 2.24) is 9.97 Å².